The highest BCUT2D eigenvalue weighted by atomic mass is 32.1. The number of thiophene rings is 1. The van der Waals surface area contributed by atoms with Gasteiger partial charge in [0.2, 0.25) is 5.91 Å². The number of benzene rings is 2. The smallest absolute Gasteiger partial charge is 0.341 e. The van der Waals surface area contributed by atoms with E-state index in [2.05, 4.69) is 5.32 Å². The number of amides is 1. The Hall–Kier alpha value is -3.52. The minimum absolute atomic E-state index is 0.0203. The van der Waals surface area contributed by atoms with Crippen molar-refractivity contribution in [3.8, 4) is 0 Å². The molecule has 0 saturated heterocycles. The molecule has 3 aromatic rings. The molecule has 1 N–H and O–H groups in total. The summed E-state index contributed by atoms with van der Waals surface area (Å²) in [4.78, 5) is 35.3. The zero-order chi connectivity index (χ0) is 21.5. The fourth-order valence-corrected chi connectivity index (χ4v) is 3.84. The summed E-state index contributed by atoms with van der Waals surface area (Å²) in [5.41, 5.74) is 0.975. The predicted octanol–water partition coefficient (Wildman–Crippen LogP) is 5.42. The molecule has 7 nitrogen and oxygen atoms in total. The van der Waals surface area contributed by atoms with Crippen molar-refractivity contribution in [3.63, 3.8) is 0 Å². The van der Waals surface area contributed by atoms with Crippen LogP contribution in [0.2, 0.25) is 0 Å². The molecular formula is C22H20N2O5S. The van der Waals surface area contributed by atoms with Crippen LogP contribution in [-0.4, -0.2) is 23.4 Å². The Labute approximate surface area is 177 Å². The average molecular weight is 424 g/mol. The fourth-order valence-electron chi connectivity index (χ4n) is 2.75. The van der Waals surface area contributed by atoms with Crippen LogP contribution in [-0.2, 0) is 9.53 Å². The van der Waals surface area contributed by atoms with E-state index < -0.39 is 16.8 Å². The Morgan fingerprint density at radius 1 is 1.17 bits per heavy atom. The van der Waals surface area contributed by atoms with Crippen molar-refractivity contribution >= 4 is 50.1 Å². The summed E-state index contributed by atoms with van der Waals surface area (Å²) in [6, 6.07) is 13.2. The summed E-state index contributed by atoms with van der Waals surface area (Å²) in [7, 11) is 0. The van der Waals surface area contributed by atoms with Gasteiger partial charge < -0.3 is 10.1 Å². The second-order valence-electron chi connectivity index (χ2n) is 6.46. The van der Waals surface area contributed by atoms with E-state index in [0.717, 1.165) is 22.9 Å². The van der Waals surface area contributed by atoms with Gasteiger partial charge in [-0.1, -0.05) is 31.5 Å². The number of nitrogens with zero attached hydrogens (tertiary/aromatic N) is 1. The van der Waals surface area contributed by atoms with E-state index >= 15 is 0 Å². The molecule has 154 valence electrons. The number of nitro groups is 1. The Morgan fingerprint density at radius 2 is 1.90 bits per heavy atom. The molecule has 0 fully saturated rings. The third-order valence-electron chi connectivity index (χ3n) is 4.30. The maximum absolute atomic E-state index is 12.6. The van der Waals surface area contributed by atoms with Gasteiger partial charge >= 0.3 is 5.97 Å². The van der Waals surface area contributed by atoms with Gasteiger partial charge in [-0.15, -0.1) is 11.3 Å². The molecule has 1 amide bonds. The number of carbonyl (C=O) groups excluding carboxylic acids is 2. The molecule has 2 aromatic carbocycles. The molecule has 0 saturated carbocycles. The number of hydrogen-bond acceptors (Lipinski definition) is 6. The van der Waals surface area contributed by atoms with Crippen LogP contribution in [0.4, 0.5) is 10.7 Å². The first-order valence-electron chi connectivity index (χ1n) is 9.41. The number of fused-ring (bicyclic) bond motifs is 1. The number of rotatable bonds is 8. The lowest BCUT2D eigenvalue weighted by molar-refractivity contribution is -0.384. The third kappa shape index (κ3) is 5.09. The Kier molecular flexibility index (Phi) is 6.92. The molecular weight excluding hydrogens is 404 g/mol. The highest BCUT2D eigenvalue weighted by Crippen LogP contribution is 2.36. The van der Waals surface area contributed by atoms with E-state index in [1.165, 1.54) is 29.5 Å². The third-order valence-corrected chi connectivity index (χ3v) is 5.38. The van der Waals surface area contributed by atoms with E-state index in [9.17, 15) is 19.7 Å². The summed E-state index contributed by atoms with van der Waals surface area (Å²) in [6.45, 7) is 2.34. The summed E-state index contributed by atoms with van der Waals surface area (Å²) < 4.78 is 6.23. The Bertz CT molecular complexity index is 1100. The van der Waals surface area contributed by atoms with Gasteiger partial charge in [-0.25, -0.2) is 4.79 Å². The number of non-ortho nitro benzene ring substituents is 1. The second-order valence-corrected chi connectivity index (χ2v) is 7.52. The number of nitro benzene ring substituents is 1. The minimum Gasteiger partial charge on any atom is -0.462 e. The van der Waals surface area contributed by atoms with E-state index in [-0.39, 0.29) is 5.69 Å². The van der Waals surface area contributed by atoms with Gasteiger partial charge in [-0.3, -0.25) is 14.9 Å². The van der Waals surface area contributed by atoms with Gasteiger partial charge in [-0.05, 0) is 36.3 Å². The fraction of sp³-hybridized carbons (Fsp3) is 0.182. The van der Waals surface area contributed by atoms with Crippen LogP contribution in [0.3, 0.4) is 0 Å². The normalized spacial score (nSPS) is 11.0. The zero-order valence-electron chi connectivity index (χ0n) is 16.3. The first-order chi connectivity index (χ1) is 14.5. The van der Waals surface area contributed by atoms with Gasteiger partial charge in [-0.2, -0.15) is 0 Å². The lowest BCUT2D eigenvalue weighted by Crippen LogP contribution is -2.12. The maximum Gasteiger partial charge on any atom is 0.341 e. The van der Waals surface area contributed by atoms with Crippen molar-refractivity contribution in [2.45, 2.75) is 19.8 Å². The largest absolute Gasteiger partial charge is 0.462 e. The van der Waals surface area contributed by atoms with Gasteiger partial charge in [0.05, 0.1) is 11.5 Å². The molecule has 0 bridgehead atoms. The van der Waals surface area contributed by atoms with E-state index in [1.807, 2.05) is 31.2 Å². The van der Waals surface area contributed by atoms with Gasteiger partial charge in [0.25, 0.3) is 5.69 Å². The lowest BCUT2D eigenvalue weighted by atomic mass is 10.1. The number of unbranched alkanes of at least 4 members (excludes halogenated alkanes) is 1. The molecule has 30 heavy (non-hydrogen) atoms. The summed E-state index contributed by atoms with van der Waals surface area (Å²) in [6.07, 6.45) is 4.55. The summed E-state index contributed by atoms with van der Waals surface area (Å²) in [5, 5.41) is 14.6. The minimum atomic E-state index is -0.483. The quantitative estimate of drug-likeness (QED) is 0.171. The first-order valence-corrected chi connectivity index (χ1v) is 10.2. The molecule has 0 aliphatic rings. The van der Waals surface area contributed by atoms with E-state index in [4.69, 9.17) is 4.74 Å². The van der Waals surface area contributed by atoms with Crippen molar-refractivity contribution in [3.05, 3.63) is 75.8 Å². The van der Waals surface area contributed by atoms with Gasteiger partial charge in [0, 0.05) is 28.3 Å². The van der Waals surface area contributed by atoms with Crippen LogP contribution >= 0.6 is 11.3 Å². The number of hydrogen-bond donors (Lipinski definition) is 1. The molecule has 0 atom stereocenters. The summed E-state index contributed by atoms with van der Waals surface area (Å²) >= 11 is 1.30. The van der Waals surface area contributed by atoms with Gasteiger partial charge in [0.15, 0.2) is 0 Å². The molecule has 8 heteroatoms. The Balaban J connectivity index is 1.78. The molecule has 1 heterocycles. The van der Waals surface area contributed by atoms with Crippen molar-refractivity contribution in [2.75, 3.05) is 11.9 Å². The average Bonchev–Trinajstić information content (AvgIpc) is 3.10. The van der Waals surface area contributed by atoms with E-state index in [0.29, 0.717) is 22.7 Å². The molecule has 0 spiro atoms. The second kappa shape index (κ2) is 9.80. The van der Waals surface area contributed by atoms with Crippen LogP contribution in [0, 0.1) is 10.1 Å². The van der Waals surface area contributed by atoms with Crippen molar-refractivity contribution in [1.82, 2.24) is 0 Å². The topological polar surface area (TPSA) is 98.5 Å². The van der Waals surface area contributed by atoms with Crippen LogP contribution in [0.1, 0.15) is 35.7 Å². The molecule has 0 unspecified atom stereocenters. The molecule has 0 aliphatic carbocycles. The number of esters is 1. The zero-order valence-corrected chi connectivity index (χ0v) is 17.1. The predicted molar refractivity (Wildman–Crippen MR) is 118 cm³/mol. The van der Waals surface area contributed by atoms with Crippen molar-refractivity contribution in [1.29, 1.82) is 0 Å². The molecule has 1 aromatic heterocycles. The Morgan fingerprint density at radius 3 is 2.60 bits per heavy atom. The lowest BCUT2D eigenvalue weighted by Gasteiger charge is -2.06. The standard InChI is InChI=1S/C22H20N2O5S/c1-2-3-14-29-22(26)20-17-6-4-5-7-18(17)30-21(20)23-19(25)13-10-15-8-11-16(12-9-15)24(27)28/h4-13H,2-3,14H2,1H3,(H,23,25)/b13-10+. The molecule has 3 rings (SSSR count). The number of ether oxygens (including phenoxy) is 1. The van der Waals surface area contributed by atoms with Crippen LogP contribution in [0.25, 0.3) is 16.2 Å². The monoisotopic (exact) mass is 424 g/mol. The van der Waals surface area contributed by atoms with Crippen LogP contribution in [0.5, 0.6) is 0 Å². The highest BCUT2D eigenvalue weighted by molar-refractivity contribution is 7.23. The van der Waals surface area contributed by atoms with Crippen molar-refractivity contribution < 1.29 is 19.2 Å². The molecule has 0 aliphatic heterocycles. The number of anilines is 1. The van der Waals surface area contributed by atoms with E-state index in [1.54, 1.807) is 18.2 Å². The summed E-state index contributed by atoms with van der Waals surface area (Å²) in [5.74, 6) is -0.877. The van der Waals surface area contributed by atoms with Crippen molar-refractivity contribution in [2.24, 2.45) is 0 Å². The van der Waals surface area contributed by atoms with Crippen LogP contribution < -0.4 is 5.32 Å². The highest BCUT2D eigenvalue weighted by Gasteiger charge is 2.21. The molecule has 0 radical (unpaired) electrons. The number of nitrogens with one attached hydrogen (secondary N) is 1. The maximum atomic E-state index is 12.6. The number of carbonyl (C=O) groups is 2. The first kappa shape index (κ1) is 21.2. The SMILES string of the molecule is CCCCOC(=O)c1c(NC(=O)/C=C/c2ccc([N+](=O)[O-])cc2)sc2ccccc12. The van der Waals surface area contributed by atoms with Crippen LogP contribution in [0.15, 0.2) is 54.6 Å². The van der Waals surface area contributed by atoms with Gasteiger partial charge in [0.1, 0.15) is 10.6 Å².